The molecule has 16 heteroatoms. The van der Waals surface area contributed by atoms with Gasteiger partial charge in [-0.3, -0.25) is 14.6 Å². The first-order valence-corrected chi connectivity index (χ1v) is 22.5. The fourth-order valence-corrected chi connectivity index (χ4v) is 8.83. The van der Waals surface area contributed by atoms with Crippen molar-refractivity contribution in [3.05, 3.63) is 66.0 Å². The smallest absolute Gasteiger partial charge is 0.435 e. The van der Waals surface area contributed by atoms with Crippen LogP contribution in [0, 0.1) is 10.8 Å². The minimum atomic E-state index is -4.98. The molecular weight excluding hydrogens is 842 g/mol. The maximum atomic E-state index is 14.1. The number of Topliss-reactive ketones (excluding diaryl/α,β-unsaturated/α-hetero) is 1. The number of ether oxygens (including phenoxy) is 3. The van der Waals surface area contributed by atoms with Gasteiger partial charge in [-0.1, -0.05) is 65.8 Å². The van der Waals surface area contributed by atoms with Crippen LogP contribution in [-0.2, 0) is 25.5 Å². The van der Waals surface area contributed by atoms with Crippen LogP contribution in [0.5, 0.6) is 5.75 Å². The van der Waals surface area contributed by atoms with Gasteiger partial charge in [0.15, 0.2) is 17.0 Å². The number of imidazole rings is 1. The number of carbonyl (C=O) groups excluding carboxylic acids is 4. The average molecular weight is 897 g/mol. The van der Waals surface area contributed by atoms with Gasteiger partial charge in [0.2, 0.25) is 0 Å². The van der Waals surface area contributed by atoms with Crippen LogP contribution in [0.3, 0.4) is 0 Å². The Hall–Kier alpha value is -5.93. The van der Waals surface area contributed by atoms with Gasteiger partial charge in [-0.2, -0.15) is 0 Å². The Morgan fingerprint density at radius 3 is 1.94 bits per heavy atom. The van der Waals surface area contributed by atoms with Crippen LogP contribution in [-0.4, -0.2) is 99.1 Å². The zero-order chi connectivity index (χ0) is 46.3. The third-order valence-electron chi connectivity index (χ3n) is 13.4. The summed E-state index contributed by atoms with van der Waals surface area (Å²) < 4.78 is 58.3. The van der Waals surface area contributed by atoms with Gasteiger partial charge in [-0.25, -0.2) is 14.6 Å². The Bertz CT molecular complexity index is 2610. The number of alkyl halides is 3. The molecule has 2 N–H and O–H groups in total. The van der Waals surface area contributed by atoms with E-state index in [1.165, 1.54) is 6.07 Å². The molecule has 0 unspecified atom stereocenters. The van der Waals surface area contributed by atoms with Gasteiger partial charge >= 0.3 is 18.5 Å². The van der Waals surface area contributed by atoms with Crippen LogP contribution in [0.1, 0.15) is 104 Å². The molecule has 2 saturated carbocycles. The number of H-pyrrole nitrogens is 1. The van der Waals surface area contributed by atoms with Gasteiger partial charge < -0.3 is 34.3 Å². The summed E-state index contributed by atoms with van der Waals surface area (Å²) in [5.74, 6) is -0.627. The molecule has 2 atom stereocenters. The largest absolute Gasteiger partial charge is 0.573 e. The van der Waals surface area contributed by atoms with Crippen molar-refractivity contribution < 1.29 is 46.6 Å². The summed E-state index contributed by atoms with van der Waals surface area (Å²) in [6.45, 7) is 14.5. The molecule has 3 amide bonds. The number of hydrogen-bond donors (Lipinski definition) is 2. The van der Waals surface area contributed by atoms with E-state index in [4.69, 9.17) is 19.5 Å². The Kier molecular flexibility index (Phi) is 10.8. The number of halogens is 3. The molecule has 1 aromatic heterocycles. The first kappa shape index (κ1) is 44.3. The normalized spacial score (nSPS) is 19.2. The van der Waals surface area contributed by atoms with Gasteiger partial charge in [0.05, 0.1) is 22.8 Å². The van der Waals surface area contributed by atoms with Crippen molar-refractivity contribution in [3.63, 3.8) is 0 Å². The van der Waals surface area contributed by atoms with Crippen molar-refractivity contribution in [2.24, 2.45) is 15.8 Å². The van der Waals surface area contributed by atoms with Crippen molar-refractivity contribution in [2.45, 2.75) is 122 Å². The summed E-state index contributed by atoms with van der Waals surface area (Å²) in [6.07, 6.45) is -1.75. The molecule has 344 valence electrons. The molecule has 13 nitrogen and oxygen atoms in total. The number of aliphatic imine (C=N–C) groups is 1. The zero-order valence-corrected chi connectivity index (χ0v) is 37.6. The minimum Gasteiger partial charge on any atom is -0.435 e. The van der Waals surface area contributed by atoms with E-state index < -0.39 is 46.6 Å². The highest BCUT2D eigenvalue weighted by Crippen LogP contribution is 2.47. The molecule has 3 aromatic carbocycles. The van der Waals surface area contributed by atoms with Gasteiger partial charge in [0, 0.05) is 69.1 Å². The molecule has 0 bridgehead atoms. The summed E-state index contributed by atoms with van der Waals surface area (Å²) in [4.78, 5) is 68.9. The summed E-state index contributed by atoms with van der Waals surface area (Å²) in [5.41, 5.74) is 2.05. The molecule has 2 aliphatic carbocycles. The van der Waals surface area contributed by atoms with Crippen LogP contribution in [0.2, 0.25) is 0 Å². The van der Waals surface area contributed by atoms with E-state index in [9.17, 15) is 32.3 Å². The molecule has 0 radical (unpaired) electrons. The quantitative estimate of drug-likeness (QED) is 0.142. The topological polar surface area (TPSA) is 156 Å². The van der Waals surface area contributed by atoms with Crippen LogP contribution in [0.15, 0.2) is 59.6 Å². The van der Waals surface area contributed by atoms with E-state index >= 15 is 0 Å². The highest BCUT2D eigenvalue weighted by Gasteiger charge is 2.57. The standard InChI is InChI=1S/C49H55F3N6O7/c1-45(2,3)33(27-39(59)47(15-16-47)64-43(61)57-19-7-20-57)41-54-35-14-10-28(24-36(35)55-41)29-9-12-32(38(26-29)63-49(50,51)52)30-11-13-34-31(23-30)25-37(53-34)40(46(4,5)6)56-42(60)48(17-18-48)65-44(62)58-21-8-22-58/h9-14,23-24,26,33,40H,7-8,15-22,25,27H2,1-6H3,(H,54,55)(H,56,60)/t33-,40-/m1/s1. The predicted molar refractivity (Wildman–Crippen MR) is 237 cm³/mol. The fourth-order valence-electron chi connectivity index (χ4n) is 8.83. The first-order valence-electron chi connectivity index (χ1n) is 22.5. The van der Waals surface area contributed by atoms with Gasteiger partial charge in [0.1, 0.15) is 11.6 Å². The number of nitrogens with one attached hydrogen (secondary N) is 2. The van der Waals surface area contributed by atoms with Crippen molar-refractivity contribution in [1.29, 1.82) is 0 Å². The Labute approximate surface area is 375 Å². The Morgan fingerprint density at radius 2 is 1.37 bits per heavy atom. The molecule has 5 aliphatic rings. The molecular formula is C49H55F3N6O7. The van der Waals surface area contributed by atoms with Crippen molar-refractivity contribution >= 4 is 46.3 Å². The molecule has 4 aromatic rings. The van der Waals surface area contributed by atoms with E-state index in [1.54, 1.807) is 52.3 Å². The number of nitrogens with zero attached hydrogens (tertiary/aromatic N) is 4. The van der Waals surface area contributed by atoms with Crippen LogP contribution in [0.4, 0.5) is 28.4 Å². The van der Waals surface area contributed by atoms with Gasteiger partial charge in [-0.15, -0.1) is 13.2 Å². The molecule has 4 fully saturated rings. The lowest BCUT2D eigenvalue weighted by Crippen LogP contribution is -2.54. The molecule has 65 heavy (non-hydrogen) atoms. The lowest BCUT2D eigenvalue weighted by molar-refractivity contribution is -0.274. The summed E-state index contributed by atoms with van der Waals surface area (Å²) >= 11 is 0. The lowest BCUT2D eigenvalue weighted by atomic mass is 9.76. The Balaban J connectivity index is 0.936. The second kappa shape index (κ2) is 15.9. The second-order valence-corrected chi connectivity index (χ2v) is 20.5. The number of rotatable bonds is 12. The average Bonchev–Trinajstić information content (AvgIpc) is 4.04. The second-order valence-electron chi connectivity index (χ2n) is 20.5. The molecule has 3 aliphatic heterocycles. The van der Waals surface area contributed by atoms with E-state index in [0.717, 1.165) is 18.4 Å². The summed E-state index contributed by atoms with van der Waals surface area (Å²) in [6, 6.07) is 14.9. The van der Waals surface area contributed by atoms with E-state index in [2.05, 4.69) is 15.0 Å². The minimum absolute atomic E-state index is 0.116. The van der Waals surface area contributed by atoms with E-state index in [-0.39, 0.29) is 35.3 Å². The monoisotopic (exact) mass is 896 g/mol. The van der Waals surface area contributed by atoms with Gasteiger partial charge in [-0.05, 0) is 89.1 Å². The molecule has 4 heterocycles. The maximum Gasteiger partial charge on any atom is 0.573 e. The fraction of sp³-hybridized carbons (Fsp3) is 0.510. The van der Waals surface area contributed by atoms with Crippen LogP contribution >= 0.6 is 0 Å². The van der Waals surface area contributed by atoms with Crippen molar-refractivity contribution in [3.8, 4) is 28.0 Å². The van der Waals surface area contributed by atoms with Crippen LogP contribution < -0.4 is 10.1 Å². The van der Waals surface area contributed by atoms with Crippen molar-refractivity contribution in [2.75, 3.05) is 26.2 Å². The summed E-state index contributed by atoms with van der Waals surface area (Å²) in [5, 5.41) is 3.12. The summed E-state index contributed by atoms with van der Waals surface area (Å²) in [7, 11) is 0. The third kappa shape index (κ3) is 9.04. The number of aromatic nitrogens is 2. The van der Waals surface area contributed by atoms with E-state index in [0.29, 0.717) is 103 Å². The number of ketones is 1. The first-order chi connectivity index (χ1) is 30.6. The third-order valence-corrected chi connectivity index (χ3v) is 13.4. The number of aromatic amines is 1. The predicted octanol–water partition coefficient (Wildman–Crippen LogP) is 9.79. The van der Waals surface area contributed by atoms with Gasteiger partial charge in [0.25, 0.3) is 5.91 Å². The number of fused-ring (bicyclic) bond motifs is 2. The number of benzene rings is 3. The molecule has 0 spiro atoms. The number of carbonyl (C=O) groups is 4. The lowest BCUT2D eigenvalue weighted by Gasteiger charge is -2.34. The SMILES string of the molecule is CC(C)(C)[C@H](NC(=O)C1(OC(=O)N2CCC2)CC1)C1=Nc2ccc(-c3ccc(-c4ccc5nc([C@@H](CC(=O)C6(OC(=O)N7CCC7)CC6)C(C)(C)C)[nH]c5c4)cc3OC(F)(F)F)cc2C1. The molecule has 2 saturated heterocycles. The molecule has 9 rings (SSSR count). The maximum absolute atomic E-state index is 14.1. The van der Waals surface area contributed by atoms with Crippen molar-refractivity contribution in [1.82, 2.24) is 25.1 Å². The van der Waals surface area contributed by atoms with Crippen LogP contribution in [0.25, 0.3) is 33.3 Å². The van der Waals surface area contributed by atoms with E-state index in [1.807, 2.05) is 47.6 Å². The highest BCUT2D eigenvalue weighted by atomic mass is 19.4. The zero-order valence-electron chi connectivity index (χ0n) is 37.6. The number of amides is 3. The number of hydrogen-bond acceptors (Lipinski definition) is 9. The Morgan fingerprint density at radius 1 is 0.769 bits per heavy atom. The number of likely N-dealkylation sites (tertiary alicyclic amines) is 2. The highest BCUT2D eigenvalue weighted by molar-refractivity contribution is 6.02.